The molecule has 3 heterocycles. The monoisotopic (exact) mass is 949 g/mol. The smallest absolute Gasteiger partial charge is 0.297 e. The van der Waals surface area contributed by atoms with Crippen molar-refractivity contribution < 1.29 is 4.42 Å². The molecule has 0 spiro atoms. The molecule has 1 fully saturated rings. The quantitative estimate of drug-likeness (QED) is 0.160. The molecule has 0 radical (unpaired) electrons. The summed E-state index contributed by atoms with van der Waals surface area (Å²) in [5.41, 5.74) is 24.5. The Labute approximate surface area is 432 Å². The van der Waals surface area contributed by atoms with Gasteiger partial charge in [0, 0.05) is 39.3 Å². The first-order chi connectivity index (χ1) is 34.0. The number of hydrogen-bond acceptors (Lipinski definition) is 3. The zero-order valence-electron chi connectivity index (χ0n) is 45.9. The van der Waals surface area contributed by atoms with Crippen molar-refractivity contribution in [2.45, 2.75) is 158 Å². The van der Waals surface area contributed by atoms with Crippen LogP contribution in [0.4, 0.5) is 28.4 Å². The summed E-state index contributed by atoms with van der Waals surface area (Å²) in [6.45, 7) is 33.9. The molecule has 2 aliphatic heterocycles. The largest absolute Gasteiger partial charge is 0.468 e. The van der Waals surface area contributed by atoms with Gasteiger partial charge in [-0.1, -0.05) is 163 Å². The molecule has 3 nitrogen and oxygen atoms in total. The number of fused-ring (bicyclic) bond motifs is 8. The van der Waals surface area contributed by atoms with Gasteiger partial charge in [0.05, 0.1) is 17.0 Å². The van der Waals surface area contributed by atoms with Gasteiger partial charge in [-0.15, -0.1) is 0 Å². The Hall–Kier alpha value is -5.74. The number of hydrogen-bond donors (Lipinski definition) is 0. The average Bonchev–Trinajstić information content (AvgIpc) is 3.72. The fourth-order valence-corrected chi connectivity index (χ4v) is 14.0. The van der Waals surface area contributed by atoms with Gasteiger partial charge in [0.1, 0.15) is 5.58 Å². The van der Waals surface area contributed by atoms with Crippen molar-refractivity contribution in [3.8, 4) is 11.1 Å². The van der Waals surface area contributed by atoms with E-state index in [1.165, 1.54) is 113 Å². The predicted molar refractivity (Wildman–Crippen MR) is 310 cm³/mol. The van der Waals surface area contributed by atoms with Crippen LogP contribution in [0.25, 0.3) is 27.7 Å². The fourth-order valence-electron chi connectivity index (χ4n) is 14.0. The molecule has 368 valence electrons. The van der Waals surface area contributed by atoms with Crippen LogP contribution < -0.4 is 26.4 Å². The van der Waals surface area contributed by atoms with E-state index in [9.17, 15) is 0 Å². The average molecular weight is 949 g/mol. The number of anilines is 5. The molecular weight excluding hydrogens is 872 g/mol. The molecule has 2 unspecified atom stereocenters. The van der Waals surface area contributed by atoms with Crippen LogP contribution in [0.15, 0.2) is 131 Å². The summed E-state index contributed by atoms with van der Waals surface area (Å²) in [4.78, 5) is 5.42. The molecule has 0 amide bonds. The molecule has 5 aromatic carbocycles. The van der Waals surface area contributed by atoms with Gasteiger partial charge in [0.25, 0.3) is 6.71 Å². The number of nitrogens with zero attached hydrogens (tertiary/aromatic N) is 2. The van der Waals surface area contributed by atoms with Crippen molar-refractivity contribution in [3.05, 3.63) is 160 Å². The summed E-state index contributed by atoms with van der Waals surface area (Å²) < 4.78 is 7.66. The lowest BCUT2D eigenvalue weighted by molar-refractivity contribution is 0.0327. The molecule has 1 saturated carbocycles. The zero-order valence-corrected chi connectivity index (χ0v) is 45.9. The van der Waals surface area contributed by atoms with Crippen molar-refractivity contribution in [1.29, 1.82) is 0 Å². The van der Waals surface area contributed by atoms with E-state index >= 15 is 0 Å². The van der Waals surface area contributed by atoms with Crippen LogP contribution in [0.2, 0.25) is 0 Å². The van der Waals surface area contributed by atoms with Crippen LogP contribution in [-0.2, 0) is 16.2 Å². The number of allylic oxidation sites excluding steroid dienone is 7. The summed E-state index contributed by atoms with van der Waals surface area (Å²) in [6, 6.07) is 33.6. The van der Waals surface area contributed by atoms with E-state index in [0.717, 1.165) is 36.9 Å². The molecule has 4 heteroatoms. The Balaban J connectivity index is 1.24. The lowest BCUT2D eigenvalue weighted by Crippen LogP contribution is -2.62. The van der Waals surface area contributed by atoms with Gasteiger partial charge >= 0.3 is 0 Å². The van der Waals surface area contributed by atoms with Crippen molar-refractivity contribution >= 4 is 68.3 Å². The second kappa shape index (κ2) is 16.1. The highest BCUT2D eigenvalue weighted by atomic mass is 16.3. The van der Waals surface area contributed by atoms with Crippen molar-refractivity contribution in [3.63, 3.8) is 0 Å². The van der Waals surface area contributed by atoms with E-state index in [0.29, 0.717) is 17.8 Å². The highest BCUT2D eigenvalue weighted by Crippen LogP contribution is 2.58. The minimum Gasteiger partial charge on any atom is -0.468 e. The second-order valence-electron chi connectivity index (χ2n) is 26.9. The van der Waals surface area contributed by atoms with Crippen LogP contribution in [0.1, 0.15) is 168 Å². The summed E-state index contributed by atoms with van der Waals surface area (Å²) >= 11 is 0. The molecule has 6 aromatic rings. The summed E-state index contributed by atoms with van der Waals surface area (Å²) in [5.74, 6) is 1.24. The number of rotatable bonds is 5. The van der Waals surface area contributed by atoms with E-state index in [1.807, 2.05) is 0 Å². The third-order valence-electron chi connectivity index (χ3n) is 18.7. The topological polar surface area (TPSA) is 19.6 Å². The Morgan fingerprint density at radius 3 is 2.00 bits per heavy atom. The maximum Gasteiger partial charge on any atom is 0.297 e. The molecule has 0 N–H and O–H groups in total. The molecule has 0 saturated heterocycles. The van der Waals surface area contributed by atoms with Crippen LogP contribution in [-0.4, -0.2) is 6.71 Å². The van der Waals surface area contributed by atoms with Crippen LogP contribution in [0, 0.1) is 29.6 Å². The first-order valence-corrected chi connectivity index (χ1v) is 27.6. The highest BCUT2D eigenvalue weighted by molar-refractivity contribution is 7.00. The standard InChI is InChI=1S/C68H77BN2O/c1-41(2)45-35-48(43-21-17-15-18-22-43)61(49(36-45)44-23-19-16-20-24-44)71-58-34-42(3)33-57-60(58)69(63-62(71)50-37-46(64(4,5)6)25-28-59(50)72-63)55-39-53-54(68(13,14)32-31-67(53,11)12)40-56(55)70(57)47-26-27-51-52(38-47)66(9,10)30-29-65(51,7)8/h15,17-19,21-28,33-41,51-52H,16,20,29-32H2,1-14H3. The van der Waals surface area contributed by atoms with Crippen LogP contribution >= 0.6 is 0 Å². The fraction of sp³-hybridized carbons (Fsp3) is 0.412. The van der Waals surface area contributed by atoms with Crippen LogP contribution in [0.5, 0.6) is 0 Å². The van der Waals surface area contributed by atoms with Gasteiger partial charge < -0.3 is 14.2 Å². The first-order valence-electron chi connectivity index (χ1n) is 27.6. The SMILES string of the molecule is Cc1cc2c3c(c1)N(c1c(C4=CCCC=C4)cc(C(C)C)cc1-c1ccccc1)c1c(oc4ccc(C(C)(C)C)cc14)B3c1cc3c(cc1N2C1=CC2C(C=C1)C(C)(C)CCC2(C)C)C(C)(C)CCC3(C)C. The zero-order chi connectivity index (χ0) is 50.6. The van der Waals surface area contributed by atoms with Crippen LogP contribution in [0.3, 0.4) is 0 Å². The second-order valence-corrected chi connectivity index (χ2v) is 26.9. The maximum absolute atomic E-state index is 7.66. The molecule has 6 aliphatic rings. The Bertz CT molecular complexity index is 3360. The van der Waals surface area contributed by atoms with Crippen molar-refractivity contribution in [2.75, 3.05) is 9.80 Å². The minimum absolute atomic E-state index is 0.0218. The third-order valence-corrected chi connectivity index (χ3v) is 18.7. The lowest BCUT2D eigenvalue weighted by Gasteiger charge is -2.52. The third kappa shape index (κ3) is 7.26. The maximum atomic E-state index is 7.66. The van der Waals surface area contributed by atoms with Crippen molar-refractivity contribution in [2.24, 2.45) is 22.7 Å². The number of furan rings is 1. The normalized spacial score (nSPS) is 22.0. The predicted octanol–water partition coefficient (Wildman–Crippen LogP) is 17.2. The number of benzene rings is 5. The van der Waals surface area contributed by atoms with Gasteiger partial charge in [-0.3, -0.25) is 0 Å². The number of aryl methyl sites for hydroxylation is 1. The minimum atomic E-state index is -0.136. The molecular formula is C68H77BN2O. The van der Waals surface area contributed by atoms with Gasteiger partial charge in [0.2, 0.25) is 0 Å². The van der Waals surface area contributed by atoms with Gasteiger partial charge in [0.15, 0.2) is 0 Å². The summed E-state index contributed by atoms with van der Waals surface area (Å²) in [6.07, 6.45) is 21.9. The molecule has 2 atom stereocenters. The van der Waals surface area contributed by atoms with E-state index in [2.05, 4.69) is 228 Å². The summed E-state index contributed by atoms with van der Waals surface area (Å²) in [7, 11) is 0. The molecule has 0 bridgehead atoms. The van der Waals surface area contributed by atoms with E-state index in [1.54, 1.807) is 0 Å². The Kier molecular flexibility index (Phi) is 10.6. The van der Waals surface area contributed by atoms with E-state index in [-0.39, 0.29) is 33.8 Å². The lowest BCUT2D eigenvalue weighted by atomic mass is 9.35. The molecule has 4 aliphatic carbocycles. The first kappa shape index (κ1) is 47.3. The highest BCUT2D eigenvalue weighted by Gasteiger charge is 2.52. The van der Waals surface area contributed by atoms with Gasteiger partial charge in [-0.05, 0) is 189 Å². The molecule has 72 heavy (non-hydrogen) atoms. The molecule has 1 aromatic heterocycles. The van der Waals surface area contributed by atoms with E-state index < -0.39 is 0 Å². The van der Waals surface area contributed by atoms with Gasteiger partial charge in [-0.2, -0.15) is 0 Å². The Morgan fingerprint density at radius 2 is 1.33 bits per heavy atom. The van der Waals surface area contributed by atoms with Crippen molar-refractivity contribution in [1.82, 2.24) is 0 Å². The molecule has 12 rings (SSSR count). The van der Waals surface area contributed by atoms with E-state index in [4.69, 9.17) is 4.42 Å². The Morgan fingerprint density at radius 1 is 0.667 bits per heavy atom. The summed E-state index contributed by atoms with van der Waals surface area (Å²) in [5, 5.41) is 1.17. The van der Waals surface area contributed by atoms with Gasteiger partial charge in [-0.25, -0.2) is 0 Å².